The molecule has 0 radical (unpaired) electrons. The second-order valence-corrected chi connectivity index (χ2v) is 4.88. The van der Waals surface area contributed by atoms with Crippen LogP contribution in [0.4, 0.5) is 4.79 Å². The molecule has 2 heterocycles. The van der Waals surface area contributed by atoms with Gasteiger partial charge in [0, 0.05) is 0 Å². The second-order valence-electron chi connectivity index (χ2n) is 4.88. The summed E-state index contributed by atoms with van der Waals surface area (Å²) in [5.74, 6) is 0.310. The molecule has 6 nitrogen and oxygen atoms in total. The first-order valence-corrected chi connectivity index (χ1v) is 7.13. The van der Waals surface area contributed by atoms with Gasteiger partial charge in [-0.1, -0.05) is 18.2 Å². The second kappa shape index (κ2) is 5.90. The zero-order valence-corrected chi connectivity index (χ0v) is 12.2. The van der Waals surface area contributed by atoms with Crippen molar-refractivity contribution >= 4 is 6.16 Å². The van der Waals surface area contributed by atoms with Crippen LogP contribution in [0.25, 0.3) is 5.69 Å². The van der Waals surface area contributed by atoms with E-state index in [0.29, 0.717) is 11.5 Å². The van der Waals surface area contributed by atoms with Crippen LogP contribution in [0.3, 0.4) is 0 Å². The summed E-state index contributed by atoms with van der Waals surface area (Å²) in [6.07, 6.45) is 0.908. The van der Waals surface area contributed by atoms with Gasteiger partial charge < -0.3 is 9.47 Å². The van der Waals surface area contributed by atoms with Crippen LogP contribution in [0.2, 0.25) is 0 Å². The molecule has 0 saturated carbocycles. The van der Waals surface area contributed by atoms with Crippen LogP contribution in [0.15, 0.2) is 24.3 Å². The summed E-state index contributed by atoms with van der Waals surface area (Å²) in [5, 5.41) is 9.33. The topological polar surface area (TPSA) is 77.1 Å². The molecule has 1 aromatic heterocycles. The van der Waals surface area contributed by atoms with Crippen molar-refractivity contribution in [3.05, 3.63) is 47.0 Å². The van der Waals surface area contributed by atoms with Gasteiger partial charge in [0.05, 0.1) is 18.0 Å². The normalized spacial score (nSPS) is 12.0. The van der Waals surface area contributed by atoms with Crippen LogP contribution in [0.1, 0.15) is 29.7 Å². The predicted molar refractivity (Wildman–Crippen MR) is 77.5 cm³/mol. The fourth-order valence-electron chi connectivity index (χ4n) is 2.69. The monoisotopic (exact) mass is 297 g/mol. The number of aryl methyl sites for hydroxylation is 1. The van der Waals surface area contributed by atoms with E-state index >= 15 is 0 Å². The van der Waals surface area contributed by atoms with E-state index in [2.05, 4.69) is 11.1 Å². The third kappa shape index (κ3) is 2.42. The van der Waals surface area contributed by atoms with E-state index in [4.69, 9.17) is 9.47 Å². The van der Waals surface area contributed by atoms with E-state index in [9.17, 15) is 10.1 Å². The first kappa shape index (κ1) is 14.1. The number of carbonyl (C=O) groups excluding carboxylic acids is 1. The van der Waals surface area contributed by atoms with Gasteiger partial charge in [-0.3, -0.25) is 4.57 Å². The minimum Gasteiger partial charge on any atom is -0.435 e. The van der Waals surface area contributed by atoms with Crippen LogP contribution in [-0.4, -0.2) is 22.3 Å². The Hall–Kier alpha value is -2.81. The molecule has 1 aliphatic rings. The largest absolute Gasteiger partial charge is 0.508 e. The Morgan fingerprint density at radius 2 is 2.18 bits per heavy atom. The van der Waals surface area contributed by atoms with Gasteiger partial charge in [0.2, 0.25) is 5.82 Å². The molecule has 112 valence electrons. The van der Waals surface area contributed by atoms with Crippen LogP contribution in [0.5, 0.6) is 0 Å². The van der Waals surface area contributed by atoms with Crippen molar-refractivity contribution in [2.75, 3.05) is 6.61 Å². The van der Waals surface area contributed by atoms with Gasteiger partial charge in [0.15, 0.2) is 0 Å². The Labute approximate surface area is 127 Å². The Bertz CT molecular complexity index is 758. The highest BCUT2D eigenvalue weighted by molar-refractivity contribution is 5.60. The van der Waals surface area contributed by atoms with Crippen LogP contribution in [-0.2, 0) is 28.9 Å². The number of nitriles is 1. The molecule has 22 heavy (non-hydrogen) atoms. The highest BCUT2D eigenvalue weighted by atomic mass is 16.7. The average Bonchev–Trinajstić information content (AvgIpc) is 2.91. The minimum absolute atomic E-state index is 0.0119. The van der Waals surface area contributed by atoms with E-state index in [0.717, 1.165) is 24.2 Å². The van der Waals surface area contributed by atoms with Crippen molar-refractivity contribution in [2.24, 2.45) is 0 Å². The van der Waals surface area contributed by atoms with E-state index in [1.807, 2.05) is 28.8 Å². The number of rotatable bonds is 3. The summed E-state index contributed by atoms with van der Waals surface area (Å²) in [5.41, 5.74) is 3.68. The molecule has 2 aromatic rings. The lowest BCUT2D eigenvalue weighted by Gasteiger charge is -2.19. The molecule has 0 saturated heterocycles. The van der Waals surface area contributed by atoms with Crippen molar-refractivity contribution < 1.29 is 14.3 Å². The third-order valence-corrected chi connectivity index (χ3v) is 3.61. The molecule has 3 rings (SSSR count). The molecular formula is C16H15N3O3. The van der Waals surface area contributed by atoms with E-state index in [-0.39, 0.29) is 13.2 Å². The number of ether oxygens (including phenoxy) is 2. The molecule has 0 bridgehead atoms. The predicted octanol–water partition coefficient (Wildman–Crippen LogP) is 2.52. The zero-order valence-electron chi connectivity index (χ0n) is 12.2. The van der Waals surface area contributed by atoms with Gasteiger partial charge in [-0.25, -0.2) is 9.78 Å². The van der Waals surface area contributed by atoms with Gasteiger partial charge in [-0.2, -0.15) is 5.26 Å². The number of para-hydroxylation sites is 1. The number of fused-ring (bicyclic) bond motifs is 3. The van der Waals surface area contributed by atoms with E-state index < -0.39 is 6.16 Å². The number of hydrogen-bond donors (Lipinski definition) is 0. The molecule has 0 N–H and O–H groups in total. The van der Waals surface area contributed by atoms with Gasteiger partial charge >= 0.3 is 6.16 Å². The highest BCUT2D eigenvalue weighted by Gasteiger charge is 2.24. The quantitative estimate of drug-likeness (QED) is 0.813. The Morgan fingerprint density at radius 1 is 1.36 bits per heavy atom. The molecule has 0 fully saturated rings. The molecule has 1 aromatic carbocycles. The zero-order chi connectivity index (χ0) is 15.5. The third-order valence-electron chi connectivity index (χ3n) is 3.61. The maximum Gasteiger partial charge on any atom is 0.508 e. The van der Waals surface area contributed by atoms with Gasteiger partial charge in [0.25, 0.3) is 0 Å². The number of carbonyl (C=O) groups is 1. The summed E-state index contributed by atoms with van der Waals surface area (Å²) < 4.78 is 11.6. The van der Waals surface area contributed by atoms with Crippen molar-refractivity contribution in [3.8, 4) is 11.8 Å². The Kier molecular flexibility index (Phi) is 3.79. The SMILES string of the molecule is CCOC(=O)OCc1nc(C#N)n2c1CCc1ccccc1-2. The minimum atomic E-state index is -0.723. The smallest absolute Gasteiger partial charge is 0.435 e. The van der Waals surface area contributed by atoms with Crippen molar-refractivity contribution in [1.29, 1.82) is 5.26 Å². The summed E-state index contributed by atoms with van der Waals surface area (Å²) in [7, 11) is 0. The van der Waals surface area contributed by atoms with E-state index in [1.54, 1.807) is 6.92 Å². The standard InChI is InChI=1S/C16H15N3O3/c1-2-21-16(20)22-10-12-14-8-7-11-5-3-4-6-13(11)19(14)15(9-17)18-12/h3-6H,2,7-8,10H2,1H3. The number of aromatic nitrogens is 2. The van der Waals surface area contributed by atoms with Crippen LogP contribution >= 0.6 is 0 Å². The highest BCUT2D eigenvalue weighted by Crippen LogP contribution is 2.28. The van der Waals surface area contributed by atoms with Crippen molar-refractivity contribution in [3.63, 3.8) is 0 Å². The fraction of sp³-hybridized carbons (Fsp3) is 0.312. The molecule has 0 spiro atoms. The van der Waals surface area contributed by atoms with Crippen LogP contribution < -0.4 is 0 Å². The number of imidazole rings is 1. The maximum absolute atomic E-state index is 11.3. The van der Waals surface area contributed by atoms with E-state index in [1.165, 1.54) is 5.56 Å². The first-order valence-electron chi connectivity index (χ1n) is 7.13. The molecule has 1 aliphatic heterocycles. The van der Waals surface area contributed by atoms with Gasteiger partial charge in [-0.15, -0.1) is 0 Å². The molecule has 0 unspecified atom stereocenters. The Balaban J connectivity index is 1.95. The number of benzene rings is 1. The number of nitrogens with zero attached hydrogens (tertiary/aromatic N) is 3. The first-order chi connectivity index (χ1) is 10.7. The number of hydrogen-bond acceptors (Lipinski definition) is 5. The molecular weight excluding hydrogens is 282 g/mol. The van der Waals surface area contributed by atoms with Gasteiger partial charge in [-0.05, 0) is 31.4 Å². The van der Waals surface area contributed by atoms with Crippen molar-refractivity contribution in [2.45, 2.75) is 26.4 Å². The van der Waals surface area contributed by atoms with Crippen molar-refractivity contribution in [1.82, 2.24) is 9.55 Å². The molecule has 0 aliphatic carbocycles. The summed E-state index contributed by atoms with van der Waals surface area (Å²) in [4.78, 5) is 15.6. The summed E-state index contributed by atoms with van der Waals surface area (Å²) in [6, 6.07) is 10.0. The lowest BCUT2D eigenvalue weighted by atomic mass is 10.0. The fourth-order valence-corrected chi connectivity index (χ4v) is 2.69. The Morgan fingerprint density at radius 3 is 2.95 bits per heavy atom. The molecule has 6 heteroatoms. The lowest BCUT2D eigenvalue weighted by Crippen LogP contribution is -2.14. The lowest BCUT2D eigenvalue weighted by molar-refractivity contribution is 0.0526. The average molecular weight is 297 g/mol. The van der Waals surface area contributed by atoms with Crippen LogP contribution in [0, 0.1) is 11.3 Å². The molecule has 0 atom stereocenters. The summed E-state index contributed by atoms with van der Waals surface area (Å²) >= 11 is 0. The maximum atomic E-state index is 11.3. The van der Waals surface area contributed by atoms with Gasteiger partial charge in [0.1, 0.15) is 18.4 Å². The summed E-state index contributed by atoms with van der Waals surface area (Å²) in [6.45, 7) is 1.99. The molecule has 0 amide bonds.